The summed E-state index contributed by atoms with van der Waals surface area (Å²) in [7, 11) is 0. The lowest BCUT2D eigenvalue weighted by molar-refractivity contribution is 0.0946. The number of carbonyl (C=O) groups excluding carboxylic acids is 1. The highest BCUT2D eigenvalue weighted by Gasteiger charge is 2.46. The third kappa shape index (κ3) is 2.45. The zero-order chi connectivity index (χ0) is 11.2. The average Bonchev–Trinajstić information content (AvgIpc) is 2.53. The first kappa shape index (κ1) is 11.6. The summed E-state index contributed by atoms with van der Waals surface area (Å²) in [5.41, 5.74) is 0.990. The maximum atomic E-state index is 11.9. The molecule has 1 fully saturated rings. The van der Waals surface area contributed by atoms with Crippen molar-refractivity contribution in [1.29, 1.82) is 0 Å². The minimum absolute atomic E-state index is 0.0133. The van der Waals surface area contributed by atoms with Crippen molar-refractivity contribution in [3.63, 3.8) is 0 Å². The smallest absolute Gasteiger partial charge is 0.253 e. The van der Waals surface area contributed by atoms with Crippen LogP contribution >= 0.6 is 43.2 Å². The standard InChI is InChI=1S/C10H11Br2NOS/c1-10(2)4-6(10)13-9(14)5-3-7(11)15-8(5)12/h3,6H,4H2,1-2H3,(H,13,14). The molecular formula is C10H11Br2NOS. The van der Waals surface area contributed by atoms with Gasteiger partial charge in [-0.3, -0.25) is 4.79 Å². The van der Waals surface area contributed by atoms with Gasteiger partial charge in [0.15, 0.2) is 0 Å². The van der Waals surface area contributed by atoms with Crippen LogP contribution in [0.15, 0.2) is 13.6 Å². The van der Waals surface area contributed by atoms with E-state index in [2.05, 4.69) is 51.0 Å². The Morgan fingerprint density at radius 3 is 2.60 bits per heavy atom. The largest absolute Gasteiger partial charge is 0.349 e. The van der Waals surface area contributed by atoms with Crippen LogP contribution in [0.1, 0.15) is 30.6 Å². The molecule has 0 bridgehead atoms. The van der Waals surface area contributed by atoms with Crippen molar-refractivity contribution in [3.8, 4) is 0 Å². The quantitative estimate of drug-likeness (QED) is 0.861. The van der Waals surface area contributed by atoms with Gasteiger partial charge in [-0.1, -0.05) is 13.8 Å². The van der Waals surface area contributed by atoms with Crippen molar-refractivity contribution in [1.82, 2.24) is 5.32 Å². The normalized spacial score (nSPS) is 22.5. The van der Waals surface area contributed by atoms with Crippen LogP contribution in [-0.2, 0) is 0 Å². The first-order valence-electron chi connectivity index (χ1n) is 4.66. The van der Waals surface area contributed by atoms with Crippen molar-refractivity contribution in [2.75, 3.05) is 0 Å². The van der Waals surface area contributed by atoms with Crippen LogP contribution in [0.25, 0.3) is 0 Å². The Kier molecular flexibility index (Phi) is 2.99. The Morgan fingerprint density at radius 2 is 2.20 bits per heavy atom. The van der Waals surface area contributed by atoms with E-state index in [4.69, 9.17) is 0 Å². The van der Waals surface area contributed by atoms with E-state index in [1.165, 1.54) is 11.3 Å². The maximum absolute atomic E-state index is 11.9. The van der Waals surface area contributed by atoms with E-state index < -0.39 is 0 Å². The molecule has 82 valence electrons. The van der Waals surface area contributed by atoms with Gasteiger partial charge in [-0.15, -0.1) is 11.3 Å². The molecule has 15 heavy (non-hydrogen) atoms. The van der Waals surface area contributed by atoms with E-state index in [9.17, 15) is 4.79 Å². The van der Waals surface area contributed by atoms with Crippen LogP contribution in [0.2, 0.25) is 0 Å². The van der Waals surface area contributed by atoms with Crippen molar-refractivity contribution in [2.45, 2.75) is 26.3 Å². The number of rotatable bonds is 2. The molecule has 0 radical (unpaired) electrons. The fourth-order valence-corrected chi connectivity index (χ4v) is 4.24. The molecule has 1 atom stereocenters. The molecule has 1 amide bonds. The molecular weight excluding hydrogens is 342 g/mol. The first-order chi connectivity index (χ1) is 6.90. The molecule has 1 aliphatic rings. The van der Waals surface area contributed by atoms with Crippen LogP contribution in [0.5, 0.6) is 0 Å². The number of hydrogen-bond donors (Lipinski definition) is 1. The number of nitrogens with one attached hydrogen (secondary N) is 1. The Hall–Kier alpha value is 0.130. The van der Waals surface area contributed by atoms with E-state index >= 15 is 0 Å². The minimum Gasteiger partial charge on any atom is -0.349 e. The van der Waals surface area contributed by atoms with Gasteiger partial charge in [-0.2, -0.15) is 0 Å². The molecule has 1 aromatic heterocycles. The first-order valence-corrected chi connectivity index (χ1v) is 7.06. The summed E-state index contributed by atoms with van der Waals surface area (Å²) in [5, 5.41) is 3.03. The zero-order valence-corrected chi connectivity index (χ0v) is 12.4. The molecule has 1 aromatic rings. The molecule has 1 unspecified atom stereocenters. The van der Waals surface area contributed by atoms with Gasteiger partial charge in [-0.05, 0) is 49.8 Å². The Bertz CT molecular complexity index is 414. The van der Waals surface area contributed by atoms with Crippen LogP contribution in [0.4, 0.5) is 0 Å². The topological polar surface area (TPSA) is 29.1 Å². The van der Waals surface area contributed by atoms with E-state index in [1.54, 1.807) is 0 Å². The van der Waals surface area contributed by atoms with Crippen molar-refractivity contribution in [3.05, 3.63) is 19.2 Å². The number of amides is 1. The predicted octanol–water partition coefficient (Wildman–Crippen LogP) is 3.80. The maximum Gasteiger partial charge on any atom is 0.253 e. The molecule has 1 N–H and O–H groups in total. The fraction of sp³-hybridized carbons (Fsp3) is 0.500. The van der Waals surface area contributed by atoms with Crippen molar-refractivity contribution >= 4 is 49.1 Å². The summed E-state index contributed by atoms with van der Waals surface area (Å²) >= 11 is 8.27. The number of halogens is 2. The van der Waals surface area contributed by atoms with E-state index in [0.29, 0.717) is 6.04 Å². The monoisotopic (exact) mass is 351 g/mol. The minimum atomic E-state index is 0.0133. The predicted molar refractivity (Wildman–Crippen MR) is 69.4 cm³/mol. The van der Waals surface area contributed by atoms with Gasteiger partial charge in [0, 0.05) is 6.04 Å². The molecule has 1 aliphatic carbocycles. The average molecular weight is 353 g/mol. The van der Waals surface area contributed by atoms with Gasteiger partial charge in [0.1, 0.15) is 0 Å². The molecule has 5 heteroatoms. The van der Waals surface area contributed by atoms with Gasteiger partial charge in [0.05, 0.1) is 13.1 Å². The number of carbonyl (C=O) groups is 1. The third-order valence-corrected chi connectivity index (χ3v) is 5.06. The highest BCUT2D eigenvalue weighted by atomic mass is 79.9. The molecule has 1 saturated carbocycles. The van der Waals surface area contributed by atoms with E-state index in [-0.39, 0.29) is 11.3 Å². The summed E-state index contributed by atoms with van der Waals surface area (Å²) in [5.74, 6) is 0.0133. The Balaban J connectivity index is 2.06. The molecule has 0 aliphatic heterocycles. The van der Waals surface area contributed by atoms with Gasteiger partial charge in [0.2, 0.25) is 0 Å². The fourth-order valence-electron chi connectivity index (χ4n) is 1.44. The summed E-state index contributed by atoms with van der Waals surface area (Å²) < 4.78 is 1.85. The molecule has 2 nitrogen and oxygen atoms in total. The second-order valence-corrected chi connectivity index (χ2v) is 8.21. The van der Waals surface area contributed by atoms with Crippen molar-refractivity contribution < 1.29 is 4.79 Å². The molecule has 0 saturated heterocycles. The second-order valence-electron chi connectivity index (χ2n) is 4.46. The van der Waals surface area contributed by atoms with Gasteiger partial charge >= 0.3 is 0 Å². The Labute approximate surface area is 110 Å². The van der Waals surface area contributed by atoms with E-state index in [0.717, 1.165) is 19.6 Å². The van der Waals surface area contributed by atoms with Crippen molar-refractivity contribution in [2.24, 2.45) is 5.41 Å². The van der Waals surface area contributed by atoms with Crippen LogP contribution < -0.4 is 5.32 Å². The lowest BCUT2D eigenvalue weighted by atomic mass is 10.2. The highest BCUT2D eigenvalue weighted by molar-refractivity contribution is 9.12. The third-order valence-electron chi connectivity index (χ3n) is 2.72. The summed E-state index contributed by atoms with van der Waals surface area (Å²) in [6.45, 7) is 4.33. The SMILES string of the molecule is CC1(C)CC1NC(=O)c1cc(Br)sc1Br. The van der Waals surface area contributed by atoms with Gasteiger partial charge in [0.25, 0.3) is 5.91 Å². The lowest BCUT2D eigenvalue weighted by Crippen LogP contribution is -2.28. The summed E-state index contributed by atoms with van der Waals surface area (Å²) in [6, 6.07) is 2.18. The Morgan fingerprint density at radius 1 is 1.60 bits per heavy atom. The van der Waals surface area contributed by atoms with Gasteiger partial charge < -0.3 is 5.32 Å². The zero-order valence-electron chi connectivity index (χ0n) is 8.43. The molecule has 0 aromatic carbocycles. The van der Waals surface area contributed by atoms with Crippen LogP contribution in [0, 0.1) is 5.41 Å². The molecule has 2 rings (SSSR count). The molecule has 0 spiro atoms. The summed E-state index contributed by atoms with van der Waals surface area (Å²) in [6.07, 6.45) is 1.07. The molecule has 1 heterocycles. The highest BCUT2D eigenvalue weighted by Crippen LogP contribution is 2.45. The van der Waals surface area contributed by atoms with E-state index in [1.807, 2.05) is 6.07 Å². The number of hydrogen-bond acceptors (Lipinski definition) is 2. The lowest BCUT2D eigenvalue weighted by Gasteiger charge is -2.05. The van der Waals surface area contributed by atoms with Gasteiger partial charge in [-0.25, -0.2) is 0 Å². The van der Waals surface area contributed by atoms with Crippen LogP contribution in [-0.4, -0.2) is 11.9 Å². The number of thiophene rings is 1. The van der Waals surface area contributed by atoms with Crippen LogP contribution in [0.3, 0.4) is 0 Å². The summed E-state index contributed by atoms with van der Waals surface area (Å²) in [4.78, 5) is 11.9. The second kappa shape index (κ2) is 3.86.